The zero-order chi connectivity index (χ0) is 18.7. The van der Waals surface area contributed by atoms with Crippen LogP contribution in [0.2, 0.25) is 5.02 Å². The summed E-state index contributed by atoms with van der Waals surface area (Å²) >= 11 is 6.32. The van der Waals surface area contributed by atoms with Crippen molar-refractivity contribution < 1.29 is 9.53 Å². The fourth-order valence-corrected chi connectivity index (χ4v) is 2.62. The molecule has 26 heavy (non-hydrogen) atoms. The number of H-pyrrole nitrogens is 1. The molecule has 1 aromatic carbocycles. The molecule has 0 fully saturated rings. The monoisotopic (exact) mass is 372 g/mol. The molecule has 2 aromatic heterocycles. The number of aliphatic imine (C=N–C) groups is 1. The van der Waals surface area contributed by atoms with E-state index in [1.165, 1.54) is 7.05 Å². The summed E-state index contributed by atoms with van der Waals surface area (Å²) in [6.45, 7) is 0.364. The lowest BCUT2D eigenvalue weighted by Crippen LogP contribution is -2.36. The molecule has 8 nitrogen and oxygen atoms in total. The average molecular weight is 373 g/mol. The number of carbonyl (C=O) groups excluding carboxylic acids is 1. The number of guanidine groups is 1. The van der Waals surface area contributed by atoms with Crippen molar-refractivity contribution in [1.29, 1.82) is 0 Å². The predicted molar refractivity (Wildman–Crippen MR) is 101 cm³/mol. The van der Waals surface area contributed by atoms with Crippen LogP contribution in [0.15, 0.2) is 41.7 Å². The molecular formula is C17H17ClN6O2. The topological polar surface area (TPSA) is 131 Å². The van der Waals surface area contributed by atoms with Crippen LogP contribution in [-0.2, 0) is 6.54 Å². The zero-order valence-corrected chi connectivity index (χ0v) is 14.7. The molecule has 0 radical (unpaired) electrons. The first-order valence-corrected chi connectivity index (χ1v) is 8.05. The van der Waals surface area contributed by atoms with Gasteiger partial charge in [0.05, 0.1) is 16.7 Å². The Kier molecular flexibility index (Phi) is 5.06. The summed E-state index contributed by atoms with van der Waals surface area (Å²) in [6.07, 6.45) is 3.25. The Labute approximate surface area is 154 Å². The Morgan fingerprint density at radius 1 is 1.31 bits per heavy atom. The standard InChI is InChI=1S/C17H17ClN6O2/c1-21-17(20)24-16(25)15-5-12-13(18)3-10(4-14(12)23-15)26-11-2-9(6-19)7-22-8-11/h2-5,7-8,23H,6,19H2,1H3,(H3,20,21,24,25). The highest BCUT2D eigenvalue weighted by molar-refractivity contribution is 6.35. The third-order valence-electron chi connectivity index (χ3n) is 3.63. The Morgan fingerprint density at radius 3 is 2.85 bits per heavy atom. The van der Waals surface area contributed by atoms with Crippen molar-refractivity contribution in [2.75, 3.05) is 7.05 Å². The second-order valence-electron chi connectivity index (χ2n) is 5.45. The summed E-state index contributed by atoms with van der Waals surface area (Å²) in [7, 11) is 1.48. The molecule has 6 N–H and O–H groups in total. The van der Waals surface area contributed by atoms with Crippen LogP contribution in [0, 0.1) is 0 Å². The van der Waals surface area contributed by atoms with Gasteiger partial charge < -0.3 is 21.2 Å². The first-order valence-electron chi connectivity index (χ1n) is 7.68. The zero-order valence-electron chi connectivity index (χ0n) is 13.9. The number of nitrogens with zero attached hydrogens (tertiary/aromatic N) is 2. The van der Waals surface area contributed by atoms with Crippen LogP contribution in [0.4, 0.5) is 0 Å². The summed E-state index contributed by atoms with van der Waals surface area (Å²) in [6, 6.07) is 6.84. The molecule has 0 spiro atoms. The molecule has 0 saturated heterocycles. The Hall–Kier alpha value is -3.10. The van der Waals surface area contributed by atoms with Gasteiger partial charge in [-0.1, -0.05) is 11.6 Å². The van der Waals surface area contributed by atoms with E-state index in [0.29, 0.717) is 39.7 Å². The fourth-order valence-electron chi connectivity index (χ4n) is 2.36. The van der Waals surface area contributed by atoms with Crippen LogP contribution in [0.25, 0.3) is 10.9 Å². The number of hydrogen-bond donors (Lipinski definition) is 4. The molecule has 0 atom stereocenters. The number of rotatable bonds is 4. The average Bonchev–Trinajstić information content (AvgIpc) is 3.06. The van der Waals surface area contributed by atoms with Crippen molar-refractivity contribution in [2.24, 2.45) is 16.5 Å². The van der Waals surface area contributed by atoms with E-state index >= 15 is 0 Å². The number of carbonyl (C=O) groups is 1. The second kappa shape index (κ2) is 7.42. The van der Waals surface area contributed by atoms with Gasteiger partial charge in [0.1, 0.15) is 17.2 Å². The van der Waals surface area contributed by atoms with E-state index in [0.717, 1.165) is 5.56 Å². The number of benzene rings is 1. The van der Waals surface area contributed by atoms with Gasteiger partial charge in [-0.3, -0.25) is 20.1 Å². The number of ether oxygens (including phenoxy) is 1. The lowest BCUT2D eigenvalue weighted by atomic mass is 10.2. The van der Waals surface area contributed by atoms with Crippen LogP contribution in [0.1, 0.15) is 16.1 Å². The van der Waals surface area contributed by atoms with Gasteiger partial charge in [-0.25, -0.2) is 0 Å². The van der Waals surface area contributed by atoms with Gasteiger partial charge >= 0.3 is 0 Å². The third-order valence-corrected chi connectivity index (χ3v) is 3.94. The van der Waals surface area contributed by atoms with Crippen molar-refractivity contribution in [3.63, 3.8) is 0 Å². The molecule has 0 aliphatic carbocycles. The van der Waals surface area contributed by atoms with Gasteiger partial charge in [0.2, 0.25) is 0 Å². The summed E-state index contributed by atoms with van der Waals surface area (Å²) in [5.74, 6) is 0.653. The van der Waals surface area contributed by atoms with Crippen molar-refractivity contribution in [3.8, 4) is 11.5 Å². The number of hydrogen-bond acceptors (Lipinski definition) is 5. The number of pyridine rings is 1. The smallest absolute Gasteiger partial charge is 0.274 e. The fraction of sp³-hybridized carbons (Fsp3) is 0.118. The van der Waals surface area contributed by atoms with E-state index in [-0.39, 0.29) is 5.96 Å². The van der Waals surface area contributed by atoms with E-state index in [4.69, 9.17) is 27.8 Å². The highest BCUT2D eigenvalue weighted by Gasteiger charge is 2.14. The summed E-state index contributed by atoms with van der Waals surface area (Å²) in [5, 5.41) is 3.58. The first-order chi connectivity index (χ1) is 12.5. The Morgan fingerprint density at radius 2 is 2.12 bits per heavy atom. The molecule has 0 aliphatic rings. The normalized spacial score (nSPS) is 11.6. The minimum Gasteiger partial charge on any atom is -0.456 e. The largest absolute Gasteiger partial charge is 0.456 e. The van der Waals surface area contributed by atoms with Crippen LogP contribution in [0.3, 0.4) is 0 Å². The molecule has 3 aromatic rings. The number of nitrogens with one attached hydrogen (secondary N) is 2. The predicted octanol–water partition coefficient (Wildman–Crippen LogP) is 2.14. The maximum Gasteiger partial charge on any atom is 0.274 e. The van der Waals surface area contributed by atoms with Crippen LogP contribution in [0.5, 0.6) is 11.5 Å². The molecule has 3 rings (SSSR count). The maximum absolute atomic E-state index is 12.1. The van der Waals surface area contributed by atoms with Gasteiger partial charge in [-0.2, -0.15) is 0 Å². The van der Waals surface area contributed by atoms with Crippen LogP contribution < -0.4 is 21.5 Å². The van der Waals surface area contributed by atoms with Crippen molar-refractivity contribution in [3.05, 3.63) is 52.9 Å². The highest BCUT2D eigenvalue weighted by atomic mass is 35.5. The number of aromatic amines is 1. The van der Waals surface area contributed by atoms with E-state index in [2.05, 4.69) is 20.3 Å². The van der Waals surface area contributed by atoms with E-state index in [1.807, 2.05) is 0 Å². The number of aromatic nitrogens is 2. The van der Waals surface area contributed by atoms with Gasteiger partial charge in [0, 0.05) is 37.3 Å². The molecule has 1 amide bonds. The molecule has 0 saturated carbocycles. The molecule has 9 heteroatoms. The minimum atomic E-state index is -0.414. The van der Waals surface area contributed by atoms with Gasteiger partial charge in [-0.05, 0) is 17.7 Å². The van der Waals surface area contributed by atoms with Gasteiger partial charge in [0.25, 0.3) is 5.91 Å². The molecule has 134 valence electrons. The van der Waals surface area contributed by atoms with Crippen LogP contribution >= 0.6 is 11.6 Å². The summed E-state index contributed by atoms with van der Waals surface area (Å²) < 4.78 is 5.80. The van der Waals surface area contributed by atoms with Crippen molar-refractivity contribution >= 4 is 34.4 Å². The Bertz CT molecular complexity index is 998. The van der Waals surface area contributed by atoms with Crippen LogP contribution in [-0.4, -0.2) is 28.9 Å². The van der Waals surface area contributed by atoms with Crippen molar-refractivity contribution in [2.45, 2.75) is 6.54 Å². The highest BCUT2D eigenvalue weighted by Crippen LogP contribution is 2.32. The number of halogens is 1. The first kappa shape index (κ1) is 17.7. The molecular weight excluding hydrogens is 356 g/mol. The lowest BCUT2D eigenvalue weighted by molar-refractivity contribution is 0.0972. The Balaban J connectivity index is 1.90. The molecule has 0 bridgehead atoms. The number of amides is 1. The maximum atomic E-state index is 12.1. The number of fused-ring (bicyclic) bond motifs is 1. The van der Waals surface area contributed by atoms with Gasteiger partial charge in [-0.15, -0.1) is 0 Å². The SMILES string of the molecule is CN=C(N)NC(=O)c1cc2c(Cl)cc(Oc3cncc(CN)c3)cc2[nH]1. The van der Waals surface area contributed by atoms with Crippen molar-refractivity contribution in [1.82, 2.24) is 15.3 Å². The lowest BCUT2D eigenvalue weighted by Gasteiger charge is -2.07. The summed E-state index contributed by atoms with van der Waals surface area (Å²) in [5.41, 5.74) is 12.9. The summed E-state index contributed by atoms with van der Waals surface area (Å²) in [4.78, 5) is 22.9. The third kappa shape index (κ3) is 3.76. The van der Waals surface area contributed by atoms with Gasteiger partial charge in [0.15, 0.2) is 5.96 Å². The quantitative estimate of drug-likeness (QED) is 0.411. The molecule has 2 heterocycles. The van der Waals surface area contributed by atoms with E-state index < -0.39 is 5.91 Å². The minimum absolute atomic E-state index is 0.0241. The molecule has 0 unspecified atom stereocenters. The molecule has 0 aliphatic heterocycles. The van der Waals surface area contributed by atoms with E-state index in [1.54, 1.807) is 36.7 Å². The second-order valence-corrected chi connectivity index (χ2v) is 5.85. The van der Waals surface area contributed by atoms with E-state index in [9.17, 15) is 4.79 Å². The number of nitrogens with two attached hydrogens (primary N) is 2.